The van der Waals surface area contributed by atoms with Crippen molar-refractivity contribution < 1.29 is 29.0 Å². The normalized spacial score (nSPS) is 23.8. The van der Waals surface area contributed by atoms with Crippen LogP contribution < -0.4 is 4.90 Å². The molecule has 44 heavy (non-hydrogen) atoms. The number of halogens is 1. The Hall–Kier alpha value is -3.09. The van der Waals surface area contributed by atoms with Crippen molar-refractivity contribution in [2.45, 2.75) is 75.4 Å². The molecule has 0 saturated carbocycles. The zero-order valence-corrected chi connectivity index (χ0v) is 27.4. The first-order chi connectivity index (χ1) is 21.0. The molecule has 2 aliphatic heterocycles. The van der Waals surface area contributed by atoms with E-state index in [1.165, 1.54) is 7.11 Å². The fraction of sp³-hybridized carbons (Fsp3) is 0.500. The number of ether oxygens (including phenoxy) is 2. The van der Waals surface area contributed by atoms with Gasteiger partial charge in [-0.25, -0.2) is 0 Å². The Labute approximate surface area is 264 Å². The van der Waals surface area contributed by atoms with Crippen LogP contribution in [0.5, 0.6) is 0 Å². The fourth-order valence-corrected chi connectivity index (χ4v) is 9.85. The van der Waals surface area contributed by atoms with Crippen LogP contribution in [0.3, 0.4) is 0 Å². The van der Waals surface area contributed by atoms with Crippen molar-refractivity contribution >= 4 is 37.5 Å². The highest BCUT2D eigenvalue weighted by atomic mass is 35.5. The molecular weight excluding hydrogens is 600 g/mol. The molecule has 0 bridgehead atoms. The van der Waals surface area contributed by atoms with Crippen molar-refractivity contribution in [2.75, 3.05) is 25.2 Å². The van der Waals surface area contributed by atoms with Crippen molar-refractivity contribution in [3.05, 3.63) is 76.6 Å². The lowest BCUT2D eigenvalue weighted by atomic mass is 9.82. The van der Waals surface area contributed by atoms with Crippen LogP contribution in [0.25, 0.3) is 0 Å². The number of carbonyl (C=O) groups is 2. The number of hydrogen-bond donors (Lipinski definition) is 2. The molecule has 1 aromatic heterocycles. The third-order valence-corrected chi connectivity index (χ3v) is 11.9. The minimum Gasteiger partial charge on any atom is -0.469 e. The number of anilines is 1. The number of fused-ring (bicyclic) bond motifs is 2. The number of nitrogens with zero attached hydrogens (tertiary/aromatic N) is 4. The van der Waals surface area contributed by atoms with Crippen LogP contribution in [0.1, 0.15) is 55.3 Å². The minimum atomic E-state index is -2.84. The van der Waals surface area contributed by atoms with Gasteiger partial charge in [-0.3, -0.25) is 14.3 Å². The Morgan fingerprint density at radius 1 is 1.18 bits per heavy atom. The number of methoxy groups -OCH3 is 1. The van der Waals surface area contributed by atoms with Gasteiger partial charge in [-0.1, -0.05) is 54.1 Å². The number of aromatic nitrogens is 3. The number of amides is 1. The molecule has 1 amide bonds. The molecule has 10 nitrogen and oxygen atoms in total. The van der Waals surface area contributed by atoms with E-state index in [4.69, 9.17) is 21.1 Å². The van der Waals surface area contributed by atoms with Crippen LogP contribution >= 0.6 is 11.6 Å². The maximum Gasteiger partial charge on any atom is 0.305 e. The first-order valence-corrected chi connectivity index (χ1v) is 18.6. The SMILES string of the molecule is COC(=O)CCCCN1C(=O)[C@]2(O[C@H](CCn3cc(C(CO)c4ccccc4)nn3)[C@@H]([Si](C)(C)O)[C@@H]2C)c2cc(Cl)ccc21. The van der Waals surface area contributed by atoms with Gasteiger partial charge >= 0.3 is 5.97 Å². The first kappa shape index (κ1) is 32.3. The second-order valence-electron chi connectivity index (χ2n) is 12.4. The molecule has 5 atom stereocenters. The van der Waals surface area contributed by atoms with E-state index in [0.29, 0.717) is 43.1 Å². The van der Waals surface area contributed by atoms with Gasteiger partial charge in [0, 0.05) is 47.8 Å². The summed E-state index contributed by atoms with van der Waals surface area (Å²) in [4.78, 5) is 39.3. The van der Waals surface area contributed by atoms with E-state index in [1.807, 2.05) is 68.7 Å². The van der Waals surface area contributed by atoms with Crippen LogP contribution in [0.4, 0.5) is 5.69 Å². The summed E-state index contributed by atoms with van der Waals surface area (Å²) < 4.78 is 13.4. The molecule has 2 aliphatic rings. The highest BCUT2D eigenvalue weighted by Gasteiger charge is 2.66. The van der Waals surface area contributed by atoms with E-state index in [2.05, 4.69) is 10.3 Å². The number of carbonyl (C=O) groups excluding carboxylic acids is 2. The molecule has 0 radical (unpaired) electrons. The largest absolute Gasteiger partial charge is 0.469 e. The molecule has 3 aromatic rings. The third-order valence-electron chi connectivity index (χ3n) is 9.13. The highest BCUT2D eigenvalue weighted by molar-refractivity contribution is 6.71. The third kappa shape index (κ3) is 6.08. The van der Waals surface area contributed by atoms with Gasteiger partial charge in [-0.2, -0.15) is 0 Å². The summed E-state index contributed by atoms with van der Waals surface area (Å²) in [6.07, 6.45) is 3.42. The van der Waals surface area contributed by atoms with Crippen LogP contribution in [0, 0.1) is 5.92 Å². The maximum atomic E-state index is 14.4. The topological polar surface area (TPSA) is 127 Å². The van der Waals surface area contributed by atoms with Crippen LogP contribution in [-0.4, -0.2) is 71.5 Å². The standard InChI is InChI=1S/C32H41ClN4O6Si/c1-21-30(44(3,4)41)28(15-17-36-19-26(34-35-36)24(20-38)22-10-6-5-7-11-22)43-32(21)25-18-23(33)13-14-27(25)37(31(32)40)16-9-8-12-29(39)42-2/h5-7,10-11,13-14,18-19,21,24,28,30,38,41H,8-9,12,15-17,20H2,1-4H3/t21-,24?,28+,30-,32+/m0/s1. The molecule has 1 saturated heterocycles. The van der Waals surface area contributed by atoms with E-state index in [1.54, 1.807) is 15.6 Å². The average molecular weight is 641 g/mol. The van der Waals surface area contributed by atoms with Gasteiger partial charge in [0.25, 0.3) is 5.91 Å². The number of benzene rings is 2. The zero-order chi connectivity index (χ0) is 31.6. The molecule has 1 fully saturated rings. The van der Waals surface area contributed by atoms with E-state index in [0.717, 1.165) is 16.8 Å². The lowest BCUT2D eigenvalue weighted by Crippen LogP contribution is -2.46. The van der Waals surface area contributed by atoms with E-state index >= 15 is 0 Å². The van der Waals surface area contributed by atoms with Crippen LogP contribution in [0.15, 0.2) is 54.7 Å². The lowest BCUT2D eigenvalue weighted by Gasteiger charge is -2.32. The van der Waals surface area contributed by atoms with E-state index < -0.39 is 20.0 Å². The number of aliphatic hydroxyl groups excluding tert-OH is 1. The summed E-state index contributed by atoms with van der Waals surface area (Å²) in [6, 6.07) is 15.1. The molecule has 1 unspecified atom stereocenters. The molecule has 2 aromatic carbocycles. The second kappa shape index (κ2) is 13.1. The molecule has 0 aliphatic carbocycles. The maximum absolute atomic E-state index is 14.4. The van der Waals surface area contributed by atoms with Gasteiger partial charge in [0.15, 0.2) is 13.9 Å². The van der Waals surface area contributed by atoms with Gasteiger partial charge in [0.05, 0.1) is 37.1 Å². The van der Waals surface area contributed by atoms with Crippen LogP contribution in [0.2, 0.25) is 23.7 Å². The van der Waals surface area contributed by atoms with E-state index in [-0.39, 0.29) is 42.3 Å². The van der Waals surface area contributed by atoms with Gasteiger partial charge in [0.2, 0.25) is 0 Å². The summed E-state index contributed by atoms with van der Waals surface area (Å²) in [5.41, 5.74) is 1.57. The lowest BCUT2D eigenvalue weighted by molar-refractivity contribution is -0.146. The summed E-state index contributed by atoms with van der Waals surface area (Å²) >= 11 is 6.48. The Balaban J connectivity index is 1.39. The average Bonchev–Trinajstić information content (AvgIpc) is 3.65. The number of rotatable bonds is 12. The minimum absolute atomic E-state index is 0.0931. The quantitative estimate of drug-likeness (QED) is 0.167. The summed E-state index contributed by atoms with van der Waals surface area (Å²) in [6.45, 7) is 6.58. The van der Waals surface area contributed by atoms with Gasteiger partial charge in [-0.15, -0.1) is 5.10 Å². The molecule has 12 heteroatoms. The number of esters is 1. The molecule has 2 N–H and O–H groups in total. The van der Waals surface area contributed by atoms with Crippen molar-refractivity contribution in [3.8, 4) is 0 Å². The van der Waals surface area contributed by atoms with Crippen molar-refractivity contribution in [2.24, 2.45) is 5.92 Å². The number of unbranched alkanes of at least 4 members (excludes halogenated alkanes) is 1. The Morgan fingerprint density at radius 2 is 1.93 bits per heavy atom. The second-order valence-corrected chi connectivity index (χ2v) is 16.8. The molecule has 1 spiro atoms. The van der Waals surface area contributed by atoms with Gasteiger partial charge in [-0.05, 0) is 56.1 Å². The smallest absolute Gasteiger partial charge is 0.305 e. The van der Waals surface area contributed by atoms with E-state index in [9.17, 15) is 19.5 Å². The van der Waals surface area contributed by atoms with Gasteiger partial charge < -0.3 is 24.3 Å². The summed E-state index contributed by atoms with van der Waals surface area (Å²) in [5.74, 6) is -1.04. The number of hydrogen-bond acceptors (Lipinski definition) is 8. The summed E-state index contributed by atoms with van der Waals surface area (Å²) in [5, 5.41) is 19.3. The fourth-order valence-electron chi connectivity index (χ4n) is 7.08. The van der Waals surface area contributed by atoms with Crippen molar-refractivity contribution in [1.29, 1.82) is 0 Å². The molecular formula is C32H41ClN4O6Si. The Kier molecular flexibility index (Phi) is 9.62. The summed E-state index contributed by atoms with van der Waals surface area (Å²) in [7, 11) is -1.47. The van der Waals surface area contributed by atoms with Crippen molar-refractivity contribution in [1.82, 2.24) is 15.0 Å². The van der Waals surface area contributed by atoms with Crippen molar-refractivity contribution in [3.63, 3.8) is 0 Å². The number of aliphatic hydroxyl groups is 1. The van der Waals surface area contributed by atoms with Crippen LogP contribution in [-0.2, 0) is 31.2 Å². The first-order valence-electron chi connectivity index (χ1n) is 15.2. The predicted molar refractivity (Wildman–Crippen MR) is 169 cm³/mol. The Morgan fingerprint density at radius 3 is 2.61 bits per heavy atom. The number of aryl methyl sites for hydroxylation is 1. The highest BCUT2D eigenvalue weighted by Crippen LogP contribution is 2.60. The molecule has 236 valence electrons. The molecule has 3 heterocycles. The van der Waals surface area contributed by atoms with Gasteiger partial charge in [0.1, 0.15) is 0 Å². The zero-order valence-electron chi connectivity index (χ0n) is 25.6. The monoisotopic (exact) mass is 640 g/mol. The predicted octanol–water partition coefficient (Wildman–Crippen LogP) is 4.63. The Bertz CT molecular complexity index is 1480. The molecule has 5 rings (SSSR count).